The van der Waals surface area contributed by atoms with Crippen LogP contribution < -0.4 is 5.32 Å². The standard InChI is InChI=1S/C10H9NO3S/c1-7(12)11-9-3-2-8-4-5-15(13,14)10(8)6-9/h2-6H,1H3,(H,11,12). The minimum Gasteiger partial charge on any atom is -0.326 e. The maximum atomic E-state index is 11.5. The predicted molar refractivity (Wildman–Crippen MR) is 57.0 cm³/mol. The van der Waals surface area contributed by atoms with Crippen LogP contribution in [-0.2, 0) is 14.6 Å². The van der Waals surface area contributed by atoms with Crippen molar-refractivity contribution in [1.29, 1.82) is 0 Å². The van der Waals surface area contributed by atoms with Crippen molar-refractivity contribution in [3.8, 4) is 0 Å². The zero-order valence-corrected chi connectivity index (χ0v) is 8.84. The molecule has 0 fully saturated rings. The second-order valence-corrected chi connectivity index (χ2v) is 5.08. The number of hydrogen-bond acceptors (Lipinski definition) is 3. The molecule has 1 aromatic carbocycles. The SMILES string of the molecule is CC(=O)Nc1ccc2c(c1)S(=O)(=O)C=C2. The first kappa shape index (κ1) is 9.92. The first-order valence-electron chi connectivity index (χ1n) is 4.34. The lowest BCUT2D eigenvalue weighted by atomic mass is 10.2. The Hall–Kier alpha value is -1.62. The van der Waals surface area contributed by atoms with Crippen LogP contribution in [0.1, 0.15) is 12.5 Å². The molecule has 4 nitrogen and oxygen atoms in total. The van der Waals surface area contributed by atoms with E-state index in [4.69, 9.17) is 0 Å². The fraction of sp³-hybridized carbons (Fsp3) is 0.100. The summed E-state index contributed by atoms with van der Waals surface area (Å²) in [5.74, 6) is -0.224. The monoisotopic (exact) mass is 223 g/mol. The molecule has 0 atom stereocenters. The van der Waals surface area contributed by atoms with Crippen LogP contribution in [0.3, 0.4) is 0 Å². The van der Waals surface area contributed by atoms with Gasteiger partial charge in [0.05, 0.1) is 4.90 Å². The van der Waals surface area contributed by atoms with Crippen molar-refractivity contribution in [3.05, 3.63) is 29.2 Å². The van der Waals surface area contributed by atoms with Crippen molar-refractivity contribution in [2.75, 3.05) is 5.32 Å². The van der Waals surface area contributed by atoms with E-state index in [1.54, 1.807) is 18.2 Å². The first-order valence-corrected chi connectivity index (χ1v) is 5.88. The lowest BCUT2D eigenvalue weighted by Gasteiger charge is -2.04. The molecule has 78 valence electrons. The fourth-order valence-corrected chi connectivity index (χ4v) is 2.66. The molecule has 1 heterocycles. The van der Waals surface area contributed by atoms with Gasteiger partial charge in [-0.15, -0.1) is 0 Å². The lowest BCUT2D eigenvalue weighted by Crippen LogP contribution is -2.06. The van der Waals surface area contributed by atoms with Gasteiger partial charge in [-0.05, 0) is 23.8 Å². The van der Waals surface area contributed by atoms with E-state index in [1.807, 2.05) is 0 Å². The third kappa shape index (κ3) is 1.78. The molecule has 0 bridgehead atoms. The number of carbonyl (C=O) groups excluding carboxylic acids is 1. The molecule has 0 saturated carbocycles. The van der Waals surface area contributed by atoms with Gasteiger partial charge in [-0.2, -0.15) is 0 Å². The van der Waals surface area contributed by atoms with Gasteiger partial charge < -0.3 is 5.32 Å². The number of carbonyl (C=O) groups is 1. The van der Waals surface area contributed by atoms with Gasteiger partial charge in [-0.1, -0.05) is 6.07 Å². The van der Waals surface area contributed by atoms with Crippen LogP contribution in [0.25, 0.3) is 6.08 Å². The molecule has 0 radical (unpaired) electrons. The summed E-state index contributed by atoms with van der Waals surface area (Å²) in [7, 11) is -3.30. The van der Waals surface area contributed by atoms with E-state index < -0.39 is 9.84 Å². The number of rotatable bonds is 1. The summed E-state index contributed by atoms with van der Waals surface area (Å²) in [6.45, 7) is 1.37. The topological polar surface area (TPSA) is 63.2 Å². The highest BCUT2D eigenvalue weighted by molar-refractivity contribution is 7.94. The molecule has 0 spiro atoms. The van der Waals surface area contributed by atoms with Crippen LogP contribution in [0.2, 0.25) is 0 Å². The van der Waals surface area contributed by atoms with Gasteiger partial charge in [-0.3, -0.25) is 4.79 Å². The van der Waals surface area contributed by atoms with Crippen molar-refractivity contribution in [2.24, 2.45) is 0 Å². The van der Waals surface area contributed by atoms with E-state index in [1.165, 1.54) is 13.0 Å². The van der Waals surface area contributed by atoms with Crippen LogP contribution in [-0.4, -0.2) is 14.3 Å². The maximum absolute atomic E-state index is 11.5. The Balaban J connectivity index is 2.49. The van der Waals surface area contributed by atoms with Gasteiger partial charge in [0, 0.05) is 18.0 Å². The van der Waals surface area contributed by atoms with Crippen LogP contribution in [0, 0.1) is 0 Å². The van der Waals surface area contributed by atoms with Gasteiger partial charge in [0.25, 0.3) is 0 Å². The molecule has 5 heteroatoms. The molecule has 1 aliphatic heterocycles. The van der Waals surface area contributed by atoms with Gasteiger partial charge in [0.15, 0.2) is 0 Å². The number of anilines is 1. The molecule has 1 amide bonds. The summed E-state index contributed by atoms with van der Waals surface area (Å²) < 4.78 is 23.0. The summed E-state index contributed by atoms with van der Waals surface area (Å²) in [5.41, 5.74) is 1.15. The van der Waals surface area contributed by atoms with Crippen LogP contribution in [0.4, 0.5) is 5.69 Å². The molecule has 1 aliphatic rings. The summed E-state index contributed by atoms with van der Waals surface area (Å²) in [6, 6.07) is 4.80. The summed E-state index contributed by atoms with van der Waals surface area (Å²) >= 11 is 0. The Kier molecular flexibility index (Phi) is 2.12. The molecule has 0 saturated heterocycles. The molecule has 2 rings (SSSR count). The molecule has 15 heavy (non-hydrogen) atoms. The quantitative estimate of drug-likeness (QED) is 0.782. The maximum Gasteiger partial charge on any atom is 0.221 e. The summed E-state index contributed by atoms with van der Waals surface area (Å²) in [5, 5.41) is 3.70. The highest BCUT2D eigenvalue weighted by Gasteiger charge is 2.20. The lowest BCUT2D eigenvalue weighted by molar-refractivity contribution is -0.114. The minimum absolute atomic E-state index is 0.224. The number of hydrogen-bond donors (Lipinski definition) is 1. The van der Waals surface area contributed by atoms with Gasteiger partial charge in [0.2, 0.25) is 15.7 Å². The minimum atomic E-state index is -3.30. The second kappa shape index (κ2) is 3.20. The van der Waals surface area contributed by atoms with E-state index in [0.29, 0.717) is 11.3 Å². The highest BCUT2D eigenvalue weighted by atomic mass is 32.2. The molecule has 1 N–H and O–H groups in total. The highest BCUT2D eigenvalue weighted by Crippen LogP contribution is 2.29. The van der Waals surface area contributed by atoms with Gasteiger partial charge >= 0.3 is 0 Å². The largest absolute Gasteiger partial charge is 0.326 e. The van der Waals surface area contributed by atoms with Crippen molar-refractivity contribution in [1.82, 2.24) is 0 Å². The molecule has 0 aromatic heterocycles. The fourth-order valence-electron chi connectivity index (χ4n) is 1.44. The zero-order valence-electron chi connectivity index (χ0n) is 8.02. The summed E-state index contributed by atoms with van der Waals surface area (Å²) in [6.07, 6.45) is 1.54. The molecule has 0 aliphatic carbocycles. The Bertz CT molecular complexity index is 558. The van der Waals surface area contributed by atoms with E-state index in [9.17, 15) is 13.2 Å². The molecular weight excluding hydrogens is 214 g/mol. The Labute approximate surface area is 87.5 Å². The third-order valence-corrected chi connectivity index (χ3v) is 3.53. The zero-order chi connectivity index (χ0) is 11.1. The van der Waals surface area contributed by atoms with Crippen LogP contribution in [0.5, 0.6) is 0 Å². The number of fused-ring (bicyclic) bond motifs is 1. The van der Waals surface area contributed by atoms with E-state index in [2.05, 4.69) is 5.32 Å². The van der Waals surface area contributed by atoms with E-state index >= 15 is 0 Å². The third-order valence-electron chi connectivity index (χ3n) is 2.07. The molecular formula is C10H9NO3S. The number of amides is 1. The smallest absolute Gasteiger partial charge is 0.221 e. The average molecular weight is 223 g/mol. The van der Waals surface area contributed by atoms with Gasteiger partial charge in [-0.25, -0.2) is 8.42 Å². The van der Waals surface area contributed by atoms with Crippen LogP contribution in [0.15, 0.2) is 28.5 Å². The van der Waals surface area contributed by atoms with Crippen molar-refractivity contribution < 1.29 is 13.2 Å². The van der Waals surface area contributed by atoms with Crippen molar-refractivity contribution >= 4 is 27.5 Å². The number of nitrogens with one attached hydrogen (secondary N) is 1. The second-order valence-electron chi connectivity index (χ2n) is 3.28. The molecule has 1 aromatic rings. The van der Waals surface area contributed by atoms with Crippen molar-refractivity contribution in [2.45, 2.75) is 11.8 Å². The predicted octanol–water partition coefficient (Wildman–Crippen LogP) is 1.40. The van der Waals surface area contributed by atoms with E-state index in [0.717, 1.165) is 5.41 Å². The first-order chi connectivity index (χ1) is 6.99. The van der Waals surface area contributed by atoms with Crippen LogP contribution >= 0.6 is 0 Å². The summed E-state index contributed by atoms with van der Waals surface area (Å²) in [4.78, 5) is 11.0. The van der Waals surface area contributed by atoms with Crippen molar-refractivity contribution in [3.63, 3.8) is 0 Å². The number of sulfone groups is 1. The Morgan fingerprint density at radius 3 is 2.73 bits per heavy atom. The van der Waals surface area contributed by atoms with Gasteiger partial charge in [0.1, 0.15) is 0 Å². The van der Waals surface area contributed by atoms with E-state index in [-0.39, 0.29) is 10.8 Å². The molecule has 0 unspecified atom stereocenters. The Morgan fingerprint density at radius 2 is 2.07 bits per heavy atom. The average Bonchev–Trinajstić information content (AvgIpc) is 2.42. The Morgan fingerprint density at radius 1 is 1.33 bits per heavy atom. The normalized spacial score (nSPS) is 16.1. The number of benzene rings is 1.